The Hall–Kier alpha value is -3.30. The van der Waals surface area contributed by atoms with E-state index in [1.807, 2.05) is 30.3 Å². The van der Waals surface area contributed by atoms with Gasteiger partial charge < -0.3 is 19.5 Å². The number of imide groups is 1. The summed E-state index contributed by atoms with van der Waals surface area (Å²) in [6.07, 6.45) is -1.00. The minimum atomic E-state index is -0.735. The molecule has 0 saturated carbocycles. The molecule has 0 aromatic heterocycles. The van der Waals surface area contributed by atoms with Crippen molar-refractivity contribution < 1.29 is 28.6 Å². The van der Waals surface area contributed by atoms with E-state index in [1.54, 1.807) is 20.8 Å². The molecular weight excluding hydrogens is 404 g/mol. The second kappa shape index (κ2) is 9.67. The first-order valence-corrected chi connectivity index (χ1v) is 10.2. The van der Waals surface area contributed by atoms with Gasteiger partial charge >= 0.3 is 18.3 Å². The second-order valence-electron chi connectivity index (χ2n) is 8.35. The van der Waals surface area contributed by atoms with Crippen LogP contribution in [0.25, 0.3) is 0 Å². The van der Waals surface area contributed by atoms with Gasteiger partial charge in [-0.25, -0.2) is 24.3 Å². The van der Waals surface area contributed by atoms with Crippen LogP contribution < -0.4 is 10.6 Å². The number of hydrogen-bond acceptors (Lipinski definition) is 8. The topological polar surface area (TPSA) is 119 Å². The lowest BCUT2D eigenvalue weighted by Crippen LogP contribution is -2.47. The van der Waals surface area contributed by atoms with Crippen LogP contribution in [-0.2, 0) is 20.8 Å². The third-order valence-electron chi connectivity index (χ3n) is 4.61. The van der Waals surface area contributed by atoms with Gasteiger partial charge in [-0.1, -0.05) is 30.3 Å². The molecule has 1 aromatic carbocycles. The fourth-order valence-electron chi connectivity index (χ4n) is 3.24. The first kappa shape index (κ1) is 22.4. The van der Waals surface area contributed by atoms with Crippen molar-refractivity contribution in [2.45, 2.75) is 57.9 Å². The number of ether oxygens (including phenoxy) is 3. The van der Waals surface area contributed by atoms with Crippen molar-refractivity contribution >= 4 is 24.2 Å². The summed E-state index contributed by atoms with van der Waals surface area (Å²) in [7, 11) is 0. The first-order valence-electron chi connectivity index (χ1n) is 10.2. The fourth-order valence-corrected chi connectivity index (χ4v) is 3.24. The smallest absolute Gasteiger partial charge is 0.420 e. The summed E-state index contributed by atoms with van der Waals surface area (Å²) in [5.41, 5.74) is 0.149. The Morgan fingerprint density at radius 1 is 1.29 bits per heavy atom. The largest absolute Gasteiger partial charge is 0.447 e. The second-order valence-corrected chi connectivity index (χ2v) is 8.35. The number of carbonyl (C=O) groups excluding carboxylic acids is 3. The highest BCUT2D eigenvalue weighted by Crippen LogP contribution is 2.23. The van der Waals surface area contributed by atoms with Crippen molar-refractivity contribution in [1.29, 1.82) is 0 Å². The number of nitrogens with zero attached hydrogens (tertiary/aromatic N) is 2. The molecule has 31 heavy (non-hydrogen) atoms. The number of nitrogens with one attached hydrogen (secondary N) is 2. The van der Waals surface area contributed by atoms with Crippen molar-refractivity contribution in [1.82, 2.24) is 15.5 Å². The summed E-state index contributed by atoms with van der Waals surface area (Å²) >= 11 is 0. The van der Waals surface area contributed by atoms with Crippen LogP contribution in [0.15, 0.2) is 35.3 Å². The molecule has 0 spiro atoms. The highest BCUT2D eigenvalue weighted by atomic mass is 16.6. The number of alkyl carbamates (subject to hydrolysis) is 1. The van der Waals surface area contributed by atoms with Crippen LogP contribution in [-0.4, -0.2) is 60.0 Å². The number of carbonyl (C=O) groups is 3. The summed E-state index contributed by atoms with van der Waals surface area (Å²) in [6, 6.07) is 8.65. The molecule has 0 aliphatic carbocycles. The van der Waals surface area contributed by atoms with Crippen molar-refractivity contribution in [3.8, 4) is 0 Å². The molecule has 1 aromatic rings. The molecule has 1 fully saturated rings. The summed E-state index contributed by atoms with van der Waals surface area (Å²) in [4.78, 5) is 42.0. The molecule has 2 atom stereocenters. The summed E-state index contributed by atoms with van der Waals surface area (Å²) in [6.45, 7) is 6.00. The van der Waals surface area contributed by atoms with E-state index in [1.165, 1.54) is 0 Å². The van der Waals surface area contributed by atoms with Crippen molar-refractivity contribution in [2.24, 2.45) is 4.99 Å². The molecule has 10 nitrogen and oxygen atoms in total. The monoisotopic (exact) mass is 432 g/mol. The molecule has 2 N–H and O–H groups in total. The zero-order valence-corrected chi connectivity index (χ0v) is 17.9. The maximum Gasteiger partial charge on any atom is 0.420 e. The summed E-state index contributed by atoms with van der Waals surface area (Å²) < 4.78 is 15.6. The molecule has 2 heterocycles. The van der Waals surface area contributed by atoms with Gasteiger partial charge in [0.2, 0.25) is 5.96 Å². The van der Waals surface area contributed by atoms with Crippen LogP contribution in [0.3, 0.4) is 0 Å². The maximum absolute atomic E-state index is 12.4. The van der Waals surface area contributed by atoms with Crippen LogP contribution in [0.1, 0.15) is 39.2 Å². The molecule has 2 aliphatic rings. The Morgan fingerprint density at radius 3 is 2.74 bits per heavy atom. The average molecular weight is 432 g/mol. The molecule has 0 radical (unpaired) electrons. The number of cyclic esters (lactones) is 1. The van der Waals surface area contributed by atoms with E-state index in [-0.39, 0.29) is 19.3 Å². The molecule has 2 aliphatic heterocycles. The van der Waals surface area contributed by atoms with E-state index in [9.17, 15) is 14.4 Å². The zero-order chi connectivity index (χ0) is 22.4. The number of benzene rings is 1. The van der Waals surface area contributed by atoms with Crippen LogP contribution in [0.5, 0.6) is 0 Å². The van der Waals surface area contributed by atoms with Gasteiger partial charge in [0.25, 0.3) is 0 Å². The lowest BCUT2D eigenvalue weighted by molar-refractivity contribution is 0.0284. The van der Waals surface area contributed by atoms with Gasteiger partial charge in [0, 0.05) is 6.54 Å². The molecule has 0 bridgehead atoms. The standard InChI is InChI=1S/C21H28N4O6/c1-21(2,3)31-20(28)25-16(13-30-19(25)27)11-15-9-10-22-17(23-15)24-18(26)29-12-14-7-5-4-6-8-14/h4-8,15-16H,9-13H2,1-3H3,(H2,22,23,24,26)/t15-,16-/m0/s1. The number of amides is 3. The van der Waals surface area contributed by atoms with Gasteiger partial charge in [0.05, 0.1) is 12.1 Å². The lowest BCUT2D eigenvalue weighted by atomic mass is 10.0. The Morgan fingerprint density at radius 2 is 2.03 bits per heavy atom. The number of rotatable bonds is 4. The minimum Gasteiger partial charge on any atom is -0.447 e. The van der Waals surface area contributed by atoms with Crippen LogP contribution in [0.4, 0.5) is 14.4 Å². The Bertz CT molecular complexity index is 836. The van der Waals surface area contributed by atoms with E-state index in [4.69, 9.17) is 14.2 Å². The van der Waals surface area contributed by atoms with Gasteiger partial charge in [0.15, 0.2) is 0 Å². The number of aliphatic imine (C=N–C) groups is 1. The predicted molar refractivity (Wildman–Crippen MR) is 111 cm³/mol. The maximum atomic E-state index is 12.4. The lowest BCUT2D eigenvalue weighted by Gasteiger charge is -2.28. The van der Waals surface area contributed by atoms with E-state index in [2.05, 4.69) is 15.6 Å². The zero-order valence-electron chi connectivity index (χ0n) is 17.9. The molecule has 10 heteroatoms. The predicted octanol–water partition coefficient (Wildman–Crippen LogP) is 2.78. The van der Waals surface area contributed by atoms with Gasteiger partial charge in [-0.3, -0.25) is 5.32 Å². The van der Waals surface area contributed by atoms with E-state index >= 15 is 0 Å². The first-order chi connectivity index (χ1) is 14.7. The SMILES string of the molecule is CC(C)(C)OC(=O)N1C(=O)OC[C@@H]1C[C@@H]1CCNC(NC(=O)OCc2ccccc2)=N1. The van der Waals surface area contributed by atoms with Gasteiger partial charge in [0.1, 0.15) is 18.8 Å². The van der Waals surface area contributed by atoms with E-state index in [0.717, 1.165) is 10.5 Å². The van der Waals surface area contributed by atoms with Gasteiger partial charge in [-0.2, -0.15) is 0 Å². The molecule has 0 unspecified atom stereocenters. The third kappa shape index (κ3) is 6.59. The average Bonchev–Trinajstić information content (AvgIpc) is 3.06. The van der Waals surface area contributed by atoms with E-state index in [0.29, 0.717) is 25.3 Å². The highest BCUT2D eigenvalue weighted by molar-refractivity contribution is 5.94. The third-order valence-corrected chi connectivity index (χ3v) is 4.61. The highest BCUT2D eigenvalue weighted by Gasteiger charge is 2.41. The Kier molecular flexibility index (Phi) is 6.98. The van der Waals surface area contributed by atoms with Crippen LogP contribution >= 0.6 is 0 Å². The van der Waals surface area contributed by atoms with E-state index < -0.39 is 29.9 Å². The number of guanidine groups is 1. The van der Waals surface area contributed by atoms with Crippen molar-refractivity contribution in [2.75, 3.05) is 13.2 Å². The van der Waals surface area contributed by atoms with Crippen LogP contribution in [0, 0.1) is 0 Å². The number of hydrogen-bond donors (Lipinski definition) is 2. The Balaban J connectivity index is 1.55. The Labute approximate surface area is 180 Å². The van der Waals surface area contributed by atoms with Crippen LogP contribution in [0.2, 0.25) is 0 Å². The normalized spacial score (nSPS) is 20.9. The van der Waals surface area contributed by atoms with Crippen molar-refractivity contribution in [3.63, 3.8) is 0 Å². The fraction of sp³-hybridized carbons (Fsp3) is 0.524. The van der Waals surface area contributed by atoms with Gasteiger partial charge in [-0.15, -0.1) is 0 Å². The molecule has 3 rings (SSSR count). The molecule has 3 amide bonds. The molecular formula is C21H28N4O6. The summed E-state index contributed by atoms with van der Waals surface area (Å²) in [5.74, 6) is 0.295. The summed E-state index contributed by atoms with van der Waals surface area (Å²) in [5, 5.41) is 5.60. The van der Waals surface area contributed by atoms with Gasteiger partial charge in [-0.05, 0) is 39.2 Å². The quantitative estimate of drug-likeness (QED) is 0.702. The molecule has 168 valence electrons. The minimum absolute atomic E-state index is 0.0827. The molecule has 1 saturated heterocycles. The van der Waals surface area contributed by atoms with Crippen molar-refractivity contribution in [3.05, 3.63) is 35.9 Å².